The Morgan fingerprint density at radius 3 is 2.90 bits per heavy atom. The van der Waals surface area contributed by atoms with E-state index in [1.807, 2.05) is 0 Å². The Kier molecular flexibility index (Phi) is 4.98. The number of benzene rings is 1. The lowest BCUT2D eigenvalue weighted by Crippen LogP contribution is -2.32. The van der Waals surface area contributed by atoms with Crippen LogP contribution in [0.1, 0.15) is 30.1 Å². The Labute approximate surface area is 122 Å². The summed E-state index contributed by atoms with van der Waals surface area (Å²) in [6.45, 7) is 2.63. The lowest BCUT2D eigenvalue weighted by molar-refractivity contribution is -0.114. The topological polar surface area (TPSA) is 67.4 Å². The molecular formula is C14H17ClN2O3. The second-order valence-electron chi connectivity index (χ2n) is 4.72. The smallest absolute Gasteiger partial charge is 0.252 e. The number of hydrogen-bond donors (Lipinski definition) is 2. The number of anilines is 1. The molecule has 1 aromatic rings. The van der Waals surface area contributed by atoms with Gasteiger partial charge in [0.05, 0.1) is 16.7 Å². The number of amides is 2. The van der Waals surface area contributed by atoms with Gasteiger partial charge in [0.2, 0.25) is 5.91 Å². The molecule has 0 saturated carbocycles. The molecule has 20 heavy (non-hydrogen) atoms. The maximum absolute atomic E-state index is 12.1. The van der Waals surface area contributed by atoms with Crippen molar-refractivity contribution in [3.05, 3.63) is 28.8 Å². The Morgan fingerprint density at radius 2 is 2.25 bits per heavy atom. The zero-order chi connectivity index (χ0) is 14.5. The maximum atomic E-state index is 12.1. The number of rotatable bonds is 4. The van der Waals surface area contributed by atoms with E-state index in [1.54, 1.807) is 18.2 Å². The highest BCUT2D eigenvalue weighted by Crippen LogP contribution is 2.21. The fraction of sp³-hybridized carbons (Fsp3) is 0.429. The summed E-state index contributed by atoms with van der Waals surface area (Å²) in [5.41, 5.74) is 0.889. The Bertz CT molecular complexity index is 513. The molecule has 1 heterocycles. The molecule has 108 valence electrons. The first-order valence-electron chi connectivity index (χ1n) is 6.53. The van der Waals surface area contributed by atoms with Gasteiger partial charge in [0.1, 0.15) is 0 Å². The van der Waals surface area contributed by atoms with Crippen LogP contribution in [0.15, 0.2) is 18.2 Å². The largest absolute Gasteiger partial charge is 0.376 e. The minimum atomic E-state index is -0.266. The van der Waals surface area contributed by atoms with Crippen molar-refractivity contribution in [1.82, 2.24) is 5.32 Å². The fourth-order valence-electron chi connectivity index (χ4n) is 2.09. The Morgan fingerprint density at radius 1 is 1.45 bits per heavy atom. The first kappa shape index (κ1) is 14.8. The van der Waals surface area contributed by atoms with Gasteiger partial charge in [0, 0.05) is 25.8 Å². The van der Waals surface area contributed by atoms with Gasteiger partial charge in [-0.2, -0.15) is 0 Å². The minimum absolute atomic E-state index is 0.0799. The lowest BCUT2D eigenvalue weighted by atomic mass is 10.1. The van der Waals surface area contributed by atoms with Crippen molar-refractivity contribution >= 4 is 29.1 Å². The summed E-state index contributed by atoms with van der Waals surface area (Å²) in [6.07, 6.45) is 2.07. The third kappa shape index (κ3) is 3.95. The van der Waals surface area contributed by atoms with E-state index < -0.39 is 0 Å². The number of carbonyl (C=O) groups is 2. The molecule has 0 aromatic heterocycles. The first-order chi connectivity index (χ1) is 9.56. The highest BCUT2D eigenvalue weighted by molar-refractivity contribution is 6.34. The minimum Gasteiger partial charge on any atom is -0.376 e. The van der Waals surface area contributed by atoms with Crippen LogP contribution < -0.4 is 10.6 Å². The van der Waals surface area contributed by atoms with Crippen molar-refractivity contribution in [2.45, 2.75) is 25.9 Å². The number of halogens is 1. The van der Waals surface area contributed by atoms with Gasteiger partial charge in [-0.25, -0.2) is 0 Å². The molecule has 0 bridgehead atoms. The van der Waals surface area contributed by atoms with E-state index in [-0.39, 0.29) is 17.9 Å². The molecule has 1 unspecified atom stereocenters. The van der Waals surface area contributed by atoms with Gasteiger partial charge in [0.25, 0.3) is 5.91 Å². The molecule has 1 aliphatic rings. The zero-order valence-corrected chi connectivity index (χ0v) is 12.0. The standard InChI is InChI=1S/C14H17ClN2O3/c1-9(18)17-10-4-5-13(15)12(7-10)14(19)16-8-11-3-2-6-20-11/h4-5,7,11H,2-3,6,8H2,1H3,(H,16,19)(H,17,18). The average molecular weight is 297 g/mol. The average Bonchev–Trinajstić information content (AvgIpc) is 2.91. The molecule has 5 nitrogen and oxygen atoms in total. The normalized spacial score (nSPS) is 17.8. The van der Waals surface area contributed by atoms with E-state index in [9.17, 15) is 9.59 Å². The van der Waals surface area contributed by atoms with Crippen LogP contribution in [0.4, 0.5) is 5.69 Å². The van der Waals surface area contributed by atoms with Crippen LogP contribution in [0.25, 0.3) is 0 Å². The van der Waals surface area contributed by atoms with E-state index >= 15 is 0 Å². The SMILES string of the molecule is CC(=O)Nc1ccc(Cl)c(C(=O)NCC2CCCO2)c1. The Balaban J connectivity index is 2.01. The van der Waals surface area contributed by atoms with Crippen LogP contribution in [-0.4, -0.2) is 31.1 Å². The van der Waals surface area contributed by atoms with Crippen LogP contribution in [0.2, 0.25) is 5.02 Å². The molecule has 6 heteroatoms. The summed E-state index contributed by atoms with van der Waals surface area (Å²) in [7, 11) is 0. The zero-order valence-electron chi connectivity index (χ0n) is 11.2. The molecule has 1 atom stereocenters. The van der Waals surface area contributed by atoms with Crippen molar-refractivity contribution in [3.63, 3.8) is 0 Å². The lowest BCUT2D eigenvalue weighted by Gasteiger charge is -2.12. The van der Waals surface area contributed by atoms with Gasteiger partial charge in [-0.15, -0.1) is 0 Å². The van der Waals surface area contributed by atoms with E-state index in [0.29, 0.717) is 22.8 Å². The number of ether oxygens (including phenoxy) is 1. The summed E-state index contributed by atoms with van der Waals surface area (Å²) >= 11 is 6.02. The molecule has 2 rings (SSSR count). The van der Waals surface area contributed by atoms with Gasteiger partial charge in [-0.3, -0.25) is 9.59 Å². The maximum Gasteiger partial charge on any atom is 0.252 e. The fourth-order valence-corrected chi connectivity index (χ4v) is 2.29. The molecule has 1 aliphatic heterocycles. The third-order valence-electron chi connectivity index (χ3n) is 3.05. The van der Waals surface area contributed by atoms with Gasteiger partial charge >= 0.3 is 0 Å². The third-order valence-corrected chi connectivity index (χ3v) is 3.38. The molecule has 0 spiro atoms. The molecule has 0 aliphatic carbocycles. The molecular weight excluding hydrogens is 280 g/mol. The number of carbonyl (C=O) groups excluding carboxylic acids is 2. The highest BCUT2D eigenvalue weighted by Gasteiger charge is 2.18. The number of hydrogen-bond acceptors (Lipinski definition) is 3. The number of nitrogens with one attached hydrogen (secondary N) is 2. The van der Waals surface area contributed by atoms with Gasteiger partial charge in [-0.05, 0) is 31.0 Å². The quantitative estimate of drug-likeness (QED) is 0.895. The second kappa shape index (κ2) is 6.72. The second-order valence-corrected chi connectivity index (χ2v) is 5.13. The Hall–Kier alpha value is -1.59. The molecule has 2 amide bonds. The summed E-state index contributed by atoms with van der Waals surface area (Å²) < 4.78 is 5.44. The van der Waals surface area contributed by atoms with Crippen molar-refractivity contribution in [1.29, 1.82) is 0 Å². The predicted molar refractivity (Wildman–Crippen MR) is 77.1 cm³/mol. The van der Waals surface area contributed by atoms with Gasteiger partial charge in [-0.1, -0.05) is 11.6 Å². The van der Waals surface area contributed by atoms with Crippen LogP contribution in [0.3, 0.4) is 0 Å². The molecule has 1 saturated heterocycles. The molecule has 0 radical (unpaired) electrons. The van der Waals surface area contributed by atoms with Crippen molar-refractivity contribution in [2.75, 3.05) is 18.5 Å². The summed E-state index contributed by atoms with van der Waals surface area (Å²) in [5, 5.41) is 5.77. The van der Waals surface area contributed by atoms with E-state index in [1.165, 1.54) is 6.92 Å². The van der Waals surface area contributed by atoms with Crippen LogP contribution >= 0.6 is 11.6 Å². The van der Waals surface area contributed by atoms with E-state index in [2.05, 4.69) is 10.6 Å². The van der Waals surface area contributed by atoms with Crippen LogP contribution in [-0.2, 0) is 9.53 Å². The molecule has 2 N–H and O–H groups in total. The van der Waals surface area contributed by atoms with Crippen molar-refractivity contribution < 1.29 is 14.3 Å². The highest BCUT2D eigenvalue weighted by atomic mass is 35.5. The molecule has 1 fully saturated rings. The predicted octanol–water partition coefficient (Wildman–Crippen LogP) is 2.21. The summed E-state index contributed by atoms with van der Waals surface area (Å²) in [6, 6.07) is 4.81. The van der Waals surface area contributed by atoms with Gasteiger partial charge in [0.15, 0.2) is 0 Å². The van der Waals surface area contributed by atoms with Gasteiger partial charge < -0.3 is 15.4 Å². The van der Waals surface area contributed by atoms with E-state index in [4.69, 9.17) is 16.3 Å². The van der Waals surface area contributed by atoms with Crippen LogP contribution in [0, 0.1) is 0 Å². The first-order valence-corrected chi connectivity index (χ1v) is 6.91. The van der Waals surface area contributed by atoms with Crippen LogP contribution in [0.5, 0.6) is 0 Å². The molecule has 1 aromatic carbocycles. The summed E-state index contributed by atoms with van der Waals surface area (Å²) in [5.74, 6) is -0.462. The monoisotopic (exact) mass is 296 g/mol. The van der Waals surface area contributed by atoms with Crippen molar-refractivity contribution in [2.24, 2.45) is 0 Å². The van der Waals surface area contributed by atoms with Crippen molar-refractivity contribution in [3.8, 4) is 0 Å². The van der Waals surface area contributed by atoms with E-state index in [0.717, 1.165) is 19.4 Å². The summed E-state index contributed by atoms with van der Waals surface area (Å²) in [4.78, 5) is 23.1.